The monoisotopic (exact) mass is 510 g/mol. The summed E-state index contributed by atoms with van der Waals surface area (Å²) in [6, 6.07) is 7.06. The fraction of sp³-hybridized carbons (Fsp3) is 0.346. The van der Waals surface area contributed by atoms with Gasteiger partial charge in [0.05, 0.1) is 12.8 Å². The van der Waals surface area contributed by atoms with Crippen molar-refractivity contribution >= 4 is 0 Å². The molecular formula is C26H25F3N6O2. The van der Waals surface area contributed by atoms with E-state index in [1.54, 1.807) is 37.6 Å². The minimum absolute atomic E-state index is 0.231. The van der Waals surface area contributed by atoms with Crippen molar-refractivity contribution in [3.8, 4) is 34.5 Å². The van der Waals surface area contributed by atoms with Crippen LogP contribution in [0, 0.1) is 6.92 Å². The van der Waals surface area contributed by atoms with Crippen molar-refractivity contribution < 1.29 is 22.6 Å². The molecule has 0 saturated heterocycles. The molecule has 0 bridgehead atoms. The fourth-order valence-corrected chi connectivity index (χ4v) is 4.09. The lowest BCUT2D eigenvalue weighted by atomic mass is 10.1. The molecule has 0 aliphatic heterocycles. The van der Waals surface area contributed by atoms with Gasteiger partial charge in [-0.25, -0.2) is 19.9 Å². The highest BCUT2D eigenvalue weighted by molar-refractivity contribution is 5.66. The van der Waals surface area contributed by atoms with Crippen molar-refractivity contribution in [1.29, 1.82) is 0 Å². The van der Waals surface area contributed by atoms with Crippen LogP contribution in [0.3, 0.4) is 0 Å². The van der Waals surface area contributed by atoms with Crippen LogP contribution in [0.4, 0.5) is 13.2 Å². The lowest BCUT2D eigenvalue weighted by Crippen LogP contribution is -2.08. The number of benzene rings is 1. The number of aromatic nitrogens is 6. The molecule has 1 aliphatic carbocycles. The first-order chi connectivity index (χ1) is 17.7. The van der Waals surface area contributed by atoms with E-state index in [0.29, 0.717) is 34.6 Å². The van der Waals surface area contributed by atoms with Gasteiger partial charge in [-0.05, 0) is 32.3 Å². The standard InChI is InChI=1S/C26H25F3N6O2/c1-14-11-30-22(20-21(17-7-8-17)31-13-32-25(20)36-4)34-24(14)37-15(2)16-5-9-18(10-6-16)23-33-19(12-35(23)3)26(27,28)29/h5-6,9-13,15,17H,7-8H2,1-4H3/t15-/m1/s1. The number of aryl methyl sites for hydroxylation is 2. The van der Waals surface area contributed by atoms with Gasteiger partial charge < -0.3 is 14.0 Å². The number of nitrogens with zero attached hydrogens (tertiary/aromatic N) is 6. The maximum absolute atomic E-state index is 13.0. The molecule has 1 saturated carbocycles. The Labute approximate surface area is 211 Å². The molecule has 192 valence electrons. The van der Waals surface area contributed by atoms with Crippen LogP contribution in [-0.4, -0.2) is 36.6 Å². The summed E-state index contributed by atoms with van der Waals surface area (Å²) in [6.45, 7) is 3.73. The number of hydrogen-bond donors (Lipinski definition) is 0. The third-order valence-electron chi connectivity index (χ3n) is 6.24. The molecule has 0 N–H and O–H groups in total. The third kappa shape index (κ3) is 4.98. The van der Waals surface area contributed by atoms with Crippen molar-refractivity contribution in [2.24, 2.45) is 7.05 Å². The predicted octanol–water partition coefficient (Wildman–Crippen LogP) is 5.69. The molecule has 11 heteroatoms. The minimum atomic E-state index is -4.50. The number of ether oxygens (including phenoxy) is 2. The minimum Gasteiger partial charge on any atom is -0.480 e. The summed E-state index contributed by atoms with van der Waals surface area (Å²) in [5, 5.41) is 0. The molecule has 1 atom stereocenters. The Kier molecular flexibility index (Phi) is 6.30. The normalized spacial score (nSPS) is 14.5. The summed E-state index contributed by atoms with van der Waals surface area (Å²) in [5.74, 6) is 1.82. The molecule has 5 rings (SSSR count). The summed E-state index contributed by atoms with van der Waals surface area (Å²) < 4.78 is 52.1. The van der Waals surface area contributed by atoms with Gasteiger partial charge in [0.15, 0.2) is 11.5 Å². The van der Waals surface area contributed by atoms with Crippen LogP contribution in [0.5, 0.6) is 11.8 Å². The van der Waals surface area contributed by atoms with Crippen molar-refractivity contribution in [2.45, 2.75) is 44.9 Å². The van der Waals surface area contributed by atoms with E-state index in [4.69, 9.17) is 9.47 Å². The van der Waals surface area contributed by atoms with Gasteiger partial charge in [0.1, 0.15) is 23.8 Å². The van der Waals surface area contributed by atoms with Gasteiger partial charge in [0.25, 0.3) is 0 Å². The smallest absolute Gasteiger partial charge is 0.434 e. The molecule has 1 aromatic carbocycles. The fourth-order valence-electron chi connectivity index (χ4n) is 4.09. The molecule has 3 aromatic heterocycles. The number of alkyl halides is 3. The first-order valence-electron chi connectivity index (χ1n) is 11.8. The summed E-state index contributed by atoms with van der Waals surface area (Å²) in [4.78, 5) is 21.6. The topological polar surface area (TPSA) is 87.8 Å². The van der Waals surface area contributed by atoms with Crippen molar-refractivity contribution in [3.63, 3.8) is 0 Å². The van der Waals surface area contributed by atoms with Gasteiger partial charge >= 0.3 is 6.18 Å². The maximum atomic E-state index is 13.0. The SMILES string of the molecule is COc1ncnc(C2CC2)c1-c1ncc(C)c(O[C@H](C)c2ccc(-c3nc(C(F)(F)F)cn3C)cc2)n1. The Hall–Kier alpha value is -4.02. The van der Waals surface area contributed by atoms with Gasteiger partial charge in [-0.2, -0.15) is 18.2 Å². The first kappa shape index (κ1) is 24.7. The average molecular weight is 511 g/mol. The van der Waals surface area contributed by atoms with E-state index in [-0.39, 0.29) is 11.9 Å². The van der Waals surface area contributed by atoms with Crippen molar-refractivity contribution in [2.75, 3.05) is 7.11 Å². The van der Waals surface area contributed by atoms with Crippen LogP contribution in [0.1, 0.15) is 54.3 Å². The van der Waals surface area contributed by atoms with Gasteiger partial charge in [-0.3, -0.25) is 0 Å². The van der Waals surface area contributed by atoms with Crippen LogP contribution < -0.4 is 9.47 Å². The van der Waals surface area contributed by atoms with Crippen molar-refractivity contribution in [1.82, 2.24) is 29.5 Å². The maximum Gasteiger partial charge on any atom is 0.434 e. The third-order valence-corrected chi connectivity index (χ3v) is 6.24. The molecule has 0 spiro atoms. The Bertz CT molecular complexity index is 1430. The van der Waals surface area contributed by atoms with E-state index in [0.717, 1.165) is 35.9 Å². The molecule has 1 aliphatic rings. The Morgan fingerprint density at radius 1 is 1.03 bits per heavy atom. The highest BCUT2D eigenvalue weighted by Gasteiger charge is 2.34. The van der Waals surface area contributed by atoms with Crippen LogP contribution in [0.15, 0.2) is 43.0 Å². The molecule has 1 fully saturated rings. The lowest BCUT2D eigenvalue weighted by molar-refractivity contribution is -0.140. The van der Waals surface area contributed by atoms with Crippen molar-refractivity contribution in [3.05, 3.63) is 65.5 Å². The van der Waals surface area contributed by atoms with E-state index in [1.807, 2.05) is 13.8 Å². The number of imidazole rings is 1. The Morgan fingerprint density at radius 2 is 1.76 bits per heavy atom. The lowest BCUT2D eigenvalue weighted by Gasteiger charge is -2.17. The molecule has 0 amide bonds. The van der Waals surface area contributed by atoms with Crippen LogP contribution in [0.25, 0.3) is 22.8 Å². The molecule has 8 nitrogen and oxygen atoms in total. The van der Waals surface area contributed by atoms with E-state index in [9.17, 15) is 13.2 Å². The second-order valence-electron chi connectivity index (χ2n) is 9.04. The van der Waals surface area contributed by atoms with E-state index in [2.05, 4.69) is 24.9 Å². The molecule has 3 heterocycles. The number of rotatable bonds is 7. The van der Waals surface area contributed by atoms with Gasteiger partial charge in [0.2, 0.25) is 11.8 Å². The highest BCUT2D eigenvalue weighted by atomic mass is 19.4. The molecule has 0 radical (unpaired) electrons. The molecule has 4 aromatic rings. The Morgan fingerprint density at radius 3 is 2.38 bits per heavy atom. The first-order valence-corrected chi connectivity index (χ1v) is 11.8. The van der Waals surface area contributed by atoms with Crippen LogP contribution >= 0.6 is 0 Å². The van der Waals surface area contributed by atoms with E-state index >= 15 is 0 Å². The molecule has 0 unspecified atom stereocenters. The Balaban J connectivity index is 1.39. The number of hydrogen-bond acceptors (Lipinski definition) is 7. The predicted molar refractivity (Wildman–Crippen MR) is 129 cm³/mol. The van der Waals surface area contributed by atoms with Crippen LogP contribution in [0.2, 0.25) is 0 Å². The summed E-state index contributed by atoms with van der Waals surface area (Å²) in [6.07, 6.45) is 1.36. The zero-order valence-corrected chi connectivity index (χ0v) is 20.7. The molecule has 37 heavy (non-hydrogen) atoms. The zero-order valence-electron chi connectivity index (χ0n) is 20.7. The quantitative estimate of drug-likeness (QED) is 0.316. The average Bonchev–Trinajstić information content (AvgIpc) is 3.65. The van der Waals surface area contributed by atoms with E-state index in [1.165, 1.54) is 17.9 Å². The van der Waals surface area contributed by atoms with Crippen LogP contribution in [-0.2, 0) is 13.2 Å². The summed E-state index contributed by atoms with van der Waals surface area (Å²) >= 11 is 0. The van der Waals surface area contributed by atoms with Gasteiger partial charge in [0, 0.05) is 36.5 Å². The highest BCUT2D eigenvalue weighted by Crippen LogP contribution is 2.45. The van der Waals surface area contributed by atoms with Gasteiger partial charge in [-0.15, -0.1) is 0 Å². The van der Waals surface area contributed by atoms with Gasteiger partial charge in [-0.1, -0.05) is 24.3 Å². The summed E-state index contributed by atoms with van der Waals surface area (Å²) in [7, 11) is 3.09. The number of halogens is 3. The van der Waals surface area contributed by atoms with E-state index < -0.39 is 11.9 Å². The second-order valence-corrected chi connectivity index (χ2v) is 9.04. The second kappa shape index (κ2) is 9.45. The largest absolute Gasteiger partial charge is 0.480 e. The zero-order chi connectivity index (χ0) is 26.3. The summed E-state index contributed by atoms with van der Waals surface area (Å²) in [5.41, 5.74) is 2.76. The number of methoxy groups -OCH3 is 1. The molecular weight excluding hydrogens is 485 g/mol.